The molecular formula is C26H50N8O3. The molecular weight excluding hydrogens is 472 g/mol. The lowest BCUT2D eigenvalue weighted by atomic mass is 10.2. The van der Waals surface area contributed by atoms with E-state index in [1.54, 1.807) is 18.2 Å². The molecule has 0 amide bonds. The zero-order chi connectivity index (χ0) is 25.3. The minimum Gasteiger partial charge on any atom is -0.400 e. The lowest BCUT2D eigenvalue weighted by Gasteiger charge is -2.34. The van der Waals surface area contributed by atoms with Gasteiger partial charge in [-0.3, -0.25) is 10.1 Å². The Labute approximate surface area is 223 Å². The van der Waals surface area contributed by atoms with Crippen molar-refractivity contribution in [2.75, 3.05) is 101 Å². The van der Waals surface area contributed by atoms with E-state index in [1.165, 1.54) is 0 Å². The third-order valence-corrected chi connectivity index (χ3v) is 6.03. The number of rotatable bonds is 3. The molecule has 0 radical (unpaired) electrons. The highest BCUT2D eigenvalue weighted by atomic mass is 16.6. The second kappa shape index (κ2) is 17.2. The Morgan fingerprint density at radius 1 is 0.703 bits per heavy atom. The van der Waals surface area contributed by atoms with Crippen molar-refractivity contribution in [2.24, 2.45) is 0 Å². The maximum atomic E-state index is 11.0. The van der Waals surface area contributed by atoms with Gasteiger partial charge in [0.15, 0.2) is 0 Å². The summed E-state index contributed by atoms with van der Waals surface area (Å²) in [5.74, 6) is 0. The van der Waals surface area contributed by atoms with Gasteiger partial charge in [-0.2, -0.15) is 0 Å². The zero-order valence-corrected chi connectivity index (χ0v) is 20.4. The Balaban J connectivity index is 0. The highest BCUT2D eigenvalue weighted by Gasteiger charge is 2.24. The molecule has 4 rings (SSSR count). The van der Waals surface area contributed by atoms with Crippen molar-refractivity contribution in [1.29, 1.82) is 0 Å². The number of hydrogen-bond acceptors (Lipinski definition) is 10. The predicted molar refractivity (Wildman–Crippen MR) is 161 cm³/mol. The van der Waals surface area contributed by atoms with Crippen LogP contribution in [0.4, 0.5) is 34.1 Å². The number of benzene rings is 2. The van der Waals surface area contributed by atoms with Crippen LogP contribution in [-0.2, 0) is 0 Å². The number of aliphatic hydroxyl groups excluding tert-OH is 1. The van der Waals surface area contributed by atoms with Crippen LogP contribution < -0.4 is 27.0 Å². The fourth-order valence-corrected chi connectivity index (χ4v) is 3.94. The largest absolute Gasteiger partial charge is 0.400 e. The number of nitrogen functional groups attached to an aromatic ring is 3. The highest BCUT2D eigenvalue weighted by Crippen LogP contribution is 2.34. The molecule has 11 nitrogen and oxygen atoms in total. The van der Waals surface area contributed by atoms with Gasteiger partial charge < -0.3 is 41.9 Å². The predicted octanol–water partition coefficient (Wildman–Crippen LogP) is 3.05. The first-order chi connectivity index (χ1) is 16.3. The van der Waals surface area contributed by atoms with Crippen molar-refractivity contribution in [1.82, 2.24) is 9.80 Å². The number of nitro groups is 1. The summed E-state index contributed by atoms with van der Waals surface area (Å²) >= 11 is 0. The van der Waals surface area contributed by atoms with Gasteiger partial charge in [0.2, 0.25) is 0 Å². The normalized spacial score (nSPS) is 15.4. The maximum absolute atomic E-state index is 11.0. The molecule has 0 aromatic heterocycles. The standard InChI is InChI=1S/C11H16N4O2.C11H18N4.CH4O.3CH4/c1-13-5-7-14(8-6-13)10-4-2-3-9(12)11(10)15(16)17;1-14-5-7-15(8-6-14)10-4-2-3-9(12)11(10)13;1-2;;;/h2-4H,5-8,12H2,1H3;2-4H,5-8,12-13H2,1H3;2H,1H3;3*1H4. The van der Waals surface area contributed by atoms with E-state index in [0.29, 0.717) is 17.1 Å². The molecule has 0 unspecified atom stereocenters. The summed E-state index contributed by atoms with van der Waals surface area (Å²) < 4.78 is 0. The monoisotopic (exact) mass is 522 g/mol. The van der Waals surface area contributed by atoms with Crippen molar-refractivity contribution in [3.8, 4) is 0 Å². The molecule has 2 fully saturated rings. The van der Waals surface area contributed by atoms with Crippen LogP contribution in [0.2, 0.25) is 0 Å². The number of likely N-dealkylation sites (N-methyl/N-ethyl adjacent to an activating group) is 2. The van der Waals surface area contributed by atoms with E-state index >= 15 is 0 Å². The summed E-state index contributed by atoms with van der Waals surface area (Å²) in [5, 5.41) is 18.0. The molecule has 11 heteroatoms. The molecule has 0 atom stereocenters. The van der Waals surface area contributed by atoms with Crippen molar-refractivity contribution in [2.45, 2.75) is 22.3 Å². The number of nitrogens with two attached hydrogens (primary N) is 3. The lowest BCUT2D eigenvalue weighted by Crippen LogP contribution is -2.44. The average Bonchev–Trinajstić information content (AvgIpc) is 2.83. The maximum Gasteiger partial charge on any atom is 0.315 e. The van der Waals surface area contributed by atoms with Crippen LogP contribution >= 0.6 is 0 Å². The Morgan fingerprint density at radius 2 is 1.08 bits per heavy atom. The van der Waals surface area contributed by atoms with Crippen LogP contribution in [-0.4, -0.2) is 93.4 Å². The van der Waals surface area contributed by atoms with Crippen molar-refractivity contribution < 1.29 is 10.0 Å². The SMILES string of the molecule is C.C.C.CN1CCN(c2cccc(N)c2N)CC1.CN1CCN(c2cccc(N)c2[N+](=O)[O-])CC1.CO. The molecule has 0 aliphatic carbocycles. The zero-order valence-electron chi connectivity index (χ0n) is 20.4. The summed E-state index contributed by atoms with van der Waals surface area (Å²) in [6.45, 7) is 7.59. The van der Waals surface area contributed by atoms with E-state index in [-0.39, 0.29) is 33.7 Å². The van der Waals surface area contributed by atoms with Crippen LogP contribution in [0.3, 0.4) is 0 Å². The lowest BCUT2D eigenvalue weighted by molar-refractivity contribution is -0.383. The second-order valence-corrected chi connectivity index (χ2v) is 8.33. The Kier molecular flexibility index (Phi) is 16.7. The molecule has 37 heavy (non-hydrogen) atoms. The van der Waals surface area contributed by atoms with Crippen LogP contribution in [0, 0.1) is 10.1 Å². The molecule has 0 bridgehead atoms. The quantitative estimate of drug-likeness (QED) is 0.268. The molecule has 212 valence electrons. The number of piperazine rings is 2. The fraction of sp³-hybridized carbons (Fsp3) is 0.538. The van der Waals surface area contributed by atoms with Crippen LogP contribution in [0.5, 0.6) is 0 Å². The van der Waals surface area contributed by atoms with E-state index in [9.17, 15) is 10.1 Å². The summed E-state index contributed by atoms with van der Waals surface area (Å²) in [6, 6.07) is 10.9. The van der Waals surface area contributed by atoms with Gasteiger partial charge in [-0.1, -0.05) is 34.4 Å². The van der Waals surface area contributed by atoms with Gasteiger partial charge in [-0.15, -0.1) is 0 Å². The summed E-state index contributed by atoms with van der Waals surface area (Å²) in [6.07, 6.45) is 0. The van der Waals surface area contributed by atoms with Gasteiger partial charge in [0, 0.05) is 59.5 Å². The number of nitro benzene ring substituents is 1. The Hall–Kier alpha value is -3.28. The van der Waals surface area contributed by atoms with Crippen molar-refractivity contribution in [3.05, 3.63) is 46.5 Å². The van der Waals surface area contributed by atoms with E-state index < -0.39 is 4.92 Å². The molecule has 0 spiro atoms. The Morgan fingerprint density at radius 3 is 1.51 bits per heavy atom. The molecule has 2 aliphatic rings. The van der Waals surface area contributed by atoms with Gasteiger partial charge in [0.25, 0.3) is 0 Å². The molecule has 2 aliphatic heterocycles. The molecule has 2 saturated heterocycles. The van der Waals surface area contributed by atoms with E-state index in [1.807, 2.05) is 30.1 Å². The first-order valence-corrected chi connectivity index (χ1v) is 11.3. The minimum atomic E-state index is -0.400. The summed E-state index contributed by atoms with van der Waals surface area (Å²) in [5.41, 5.74) is 20.8. The molecule has 0 saturated carbocycles. The third-order valence-electron chi connectivity index (χ3n) is 6.03. The third kappa shape index (κ3) is 9.60. The molecule has 2 aromatic rings. The molecule has 2 heterocycles. The van der Waals surface area contributed by atoms with Gasteiger partial charge in [-0.25, -0.2) is 0 Å². The van der Waals surface area contributed by atoms with Crippen molar-refractivity contribution >= 4 is 34.1 Å². The van der Waals surface area contributed by atoms with Gasteiger partial charge in [0.1, 0.15) is 11.4 Å². The van der Waals surface area contributed by atoms with E-state index in [2.05, 4.69) is 21.7 Å². The number of nitrogens with zero attached hydrogens (tertiary/aromatic N) is 5. The first-order valence-electron chi connectivity index (χ1n) is 11.3. The number of para-hydroxylation sites is 2. The second-order valence-electron chi connectivity index (χ2n) is 8.33. The Bertz CT molecular complexity index is 928. The average molecular weight is 523 g/mol. The number of hydrogen-bond donors (Lipinski definition) is 4. The first kappa shape index (κ1) is 35.9. The number of aliphatic hydroxyl groups is 1. The van der Waals surface area contributed by atoms with Gasteiger partial charge in [-0.05, 0) is 38.4 Å². The van der Waals surface area contributed by atoms with Crippen LogP contribution in [0.15, 0.2) is 36.4 Å². The minimum absolute atomic E-state index is 0. The van der Waals surface area contributed by atoms with Gasteiger partial charge >= 0.3 is 5.69 Å². The fourth-order valence-electron chi connectivity index (χ4n) is 3.94. The topological polar surface area (TPSA) is 154 Å². The van der Waals surface area contributed by atoms with Crippen molar-refractivity contribution in [3.63, 3.8) is 0 Å². The van der Waals surface area contributed by atoms with Crippen LogP contribution in [0.25, 0.3) is 0 Å². The molecule has 2 aromatic carbocycles. The summed E-state index contributed by atoms with van der Waals surface area (Å²) in [4.78, 5) is 19.5. The summed E-state index contributed by atoms with van der Waals surface area (Å²) in [7, 11) is 5.19. The van der Waals surface area contributed by atoms with E-state index in [0.717, 1.165) is 65.2 Å². The number of anilines is 5. The van der Waals surface area contributed by atoms with Gasteiger partial charge in [0.05, 0.1) is 22.0 Å². The van der Waals surface area contributed by atoms with Crippen LogP contribution in [0.1, 0.15) is 22.3 Å². The molecule has 7 N–H and O–H groups in total. The smallest absolute Gasteiger partial charge is 0.315 e. The van der Waals surface area contributed by atoms with E-state index in [4.69, 9.17) is 22.3 Å². The highest BCUT2D eigenvalue weighted by molar-refractivity contribution is 5.79.